The minimum Gasteiger partial charge on any atom is -0.393 e. The fourth-order valence-corrected chi connectivity index (χ4v) is 2.87. The van der Waals surface area contributed by atoms with Crippen LogP contribution in [0.5, 0.6) is 0 Å². The predicted molar refractivity (Wildman–Crippen MR) is 24.5 cm³/mol. The molecule has 0 spiro atoms. The Labute approximate surface area is 45.5 Å². The van der Waals surface area contributed by atoms with Gasteiger partial charge in [-0.2, -0.15) is 0 Å². The Morgan fingerprint density at radius 1 is 1.88 bits per heavy atom. The van der Waals surface area contributed by atoms with E-state index >= 15 is 0 Å². The molecule has 0 aromatic rings. The molecule has 46 valence electrons. The highest BCUT2D eigenvalue weighted by Gasteiger charge is 2.92. The monoisotopic (exact) mass is 136 g/mol. The highest BCUT2D eigenvalue weighted by atomic mass is 31.2. The third kappa shape index (κ3) is 0.253. The second kappa shape index (κ2) is 0.907. The summed E-state index contributed by atoms with van der Waals surface area (Å²) in [6.45, 7) is -0.436. The maximum absolute atomic E-state index is 10.7. The summed E-state index contributed by atoms with van der Waals surface area (Å²) >= 11 is 0. The Morgan fingerprint density at radius 3 is 2.38 bits per heavy atom. The summed E-state index contributed by atoms with van der Waals surface area (Å²) in [5, 5.41) is 15.9. The summed E-state index contributed by atoms with van der Waals surface area (Å²) in [5.74, 6) is -0.514. The van der Waals surface area contributed by atoms with Gasteiger partial charge in [0.15, 0.2) is 5.85 Å². The standard InChI is InChI=1S/C3H5O4P/c4-1-3(5)2-7-8(2,3)6/h2,4-5H,1H2. The molecule has 0 amide bonds. The SMILES string of the molecule is O=P12OC1C2(O)CO. The van der Waals surface area contributed by atoms with Gasteiger partial charge in [-0.15, -0.1) is 0 Å². The molecule has 2 saturated heterocycles. The fraction of sp³-hybridized carbons (Fsp3) is 1.00. The predicted octanol–water partition coefficient (Wildman–Crippen LogP) is -0.685. The van der Waals surface area contributed by atoms with Crippen molar-refractivity contribution in [3.8, 4) is 0 Å². The van der Waals surface area contributed by atoms with Gasteiger partial charge in [-0.3, -0.25) is 4.57 Å². The average Bonchev–Trinajstić information content (AvgIpc) is 2.52. The van der Waals surface area contributed by atoms with Crippen molar-refractivity contribution in [3.05, 3.63) is 0 Å². The van der Waals surface area contributed by atoms with Crippen LogP contribution in [0.2, 0.25) is 0 Å². The van der Waals surface area contributed by atoms with Crippen LogP contribution in [-0.4, -0.2) is 28.0 Å². The van der Waals surface area contributed by atoms with E-state index in [9.17, 15) is 4.57 Å². The minimum atomic E-state index is -2.64. The van der Waals surface area contributed by atoms with Crippen LogP contribution in [0.25, 0.3) is 0 Å². The zero-order valence-corrected chi connectivity index (χ0v) is 4.84. The van der Waals surface area contributed by atoms with Crippen LogP contribution in [0.15, 0.2) is 0 Å². The van der Waals surface area contributed by atoms with E-state index in [4.69, 9.17) is 10.2 Å². The van der Waals surface area contributed by atoms with Crippen LogP contribution in [0, 0.1) is 0 Å². The molecule has 0 bridgehead atoms. The summed E-state index contributed by atoms with van der Waals surface area (Å²) in [6, 6.07) is 0. The van der Waals surface area contributed by atoms with Crippen molar-refractivity contribution in [2.45, 2.75) is 11.2 Å². The minimum absolute atomic E-state index is 0.436. The van der Waals surface area contributed by atoms with Gasteiger partial charge < -0.3 is 14.7 Å². The first-order valence-electron chi connectivity index (χ1n) is 2.26. The molecule has 0 aromatic carbocycles. The molecule has 0 saturated carbocycles. The van der Waals surface area contributed by atoms with Crippen LogP contribution >= 0.6 is 7.37 Å². The van der Waals surface area contributed by atoms with Crippen LogP contribution in [-0.2, 0) is 9.09 Å². The maximum Gasteiger partial charge on any atom is 0.272 e. The Balaban J connectivity index is 2.27. The normalized spacial score (nSPS) is 67.0. The van der Waals surface area contributed by atoms with Gasteiger partial charge in [0.05, 0.1) is 6.61 Å². The molecule has 3 unspecified atom stereocenters. The molecule has 5 heteroatoms. The smallest absolute Gasteiger partial charge is 0.272 e. The maximum atomic E-state index is 10.7. The lowest BCUT2D eigenvalue weighted by Crippen LogP contribution is -2.22. The van der Waals surface area contributed by atoms with Crippen molar-refractivity contribution in [1.82, 2.24) is 0 Å². The Hall–Kier alpha value is 0.110. The highest BCUT2D eigenvalue weighted by molar-refractivity contribution is 7.75. The lowest BCUT2D eigenvalue weighted by atomic mass is 10.4. The van der Waals surface area contributed by atoms with Gasteiger partial charge in [-0.05, 0) is 0 Å². The molecule has 2 aliphatic rings. The Kier molecular flexibility index (Phi) is 0.560. The molecule has 0 aliphatic carbocycles. The quantitative estimate of drug-likeness (QED) is 0.370. The number of rotatable bonds is 1. The third-order valence-corrected chi connectivity index (χ3v) is 4.26. The van der Waals surface area contributed by atoms with E-state index in [-0.39, 0.29) is 0 Å². The van der Waals surface area contributed by atoms with Gasteiger partial charge >= 0.3 is 0 Å². The number of hydrogen-bond acceptors (Lipinski definition) is 4. The van der Waals surface area contributed by atoms with Crippen molar-refractivity contribution >= 4 is 7.37 Å². The summed E-state index contributed by atoms with van der Waals surface area (Å²) in [5.41, 5.74) is 0. The second-order valence-corrected chi connectivity index (χ2v) is 4.74. The lowest BCUT2D eigenvalue weighted by Gasteiger charge is -2.05. The van der Waals surface area contributed by atoms with Crippen molar-refractivity contribution < 1.29 is 19.3 Å². The van der Waals surface area contributed by atoms with E-state index < -0.39 is 25.2 Å². The molecule has 2 aliphatic heterocycles. The molecule has 4 nitrogen and oxygen atoms in total. The van der Waals surface area contributed by atoms with Crippen molar-refractivity contribution in [3.63, 3.8) is 0 Å². The topological polar surface area (TPSA) is 70.1 Å². The number of aliphatic hydroxyl groups is 2. The summed E-state index contributed by atoms with van der Waals surface area (Å²) < 4.78 is 15.1. The lowest BCUT2D eigenvalue weighted by molar-refractivity contribution is 0.0318. The fourth-order valence-electron chi connectivity index (χ4n) is 0.802. The molecule has 2 rings (SSSR count). The number of hydrogen-bond donors (Lipinski definition) is 2. The number of aliphatic hydroxyl groups excluding tert-OH is 1. The molecule has 3 atom stereocenters. The highest BCUT2D eigenvalue weighted by Crippen LogP contribution is 2.97. The first-order chi connectivity index (χ1) is 3.65. The van der Waals surface area contributed by atoms with Gasteiger partial charge in [0, 0.05) is 0 Å². The third-order valence-electron chi connectivity index (χ3n) is 1.62. The molecule has 2 N–H and O–H groups in total. The second-order valence-electron chi connectivity index (χ2n) is 2.09. The van der Waals surface area contributed by atoms with Gasteiger partial charge in [-0.1, -0.05) is 0 Å². The van der Waals surface area contributed by atoms with E-state index in [1.165, 1.54) is 0 Å². The molecule has 8 heavy (non-hydrogen) atoms. The molecular weight excluding hydrogens is 131 g/mol. The summed E-state index contributed by atoms with van der Waals surface area (Å²) in [6.07, 6.45) is 0. The van der Waals surface area contributed by atoms with E-state index in [0.717, 1.165) is 0 Å². The van der Waals surface area contributed by atoms with Crippen molar-refractivity contribution in [2.24, 2.45) is 0 Å². The average molecular weight is 136 g/mol. The summed E-state index contributed by atoms with van der Waals surface area (Å²) in [4.78, 5) is 0. The van der Waals surface area contributed by atoms with Crippen LogP contribution < -0.4 is 0 Å². The zero-order chi connectivity index (χ0) is 5.99. The molecule has 2 heterocycles. The van der Waals surface area contributed by atoms with E-state index in [1.54, 1.807) is 0 Å². The first-order valence-corrected chi connectivity index (χ1v) is 3.96. The van der Waals surface area contributed by atoms with Gasteiger partial charge in [0.1, 0.15) is 0 Å². The molecule has 2 fully saturated rings. The van der Waals surface area contributed by atoms with Gasteiger partial charge in [0.25, 0.3) is 7.37 Å². The van der Waals surface area contributed by atoms with Crippen molar-refractivity contribution in [1.29, 1.82) is 0 Å². The van der Waals surface area contributed by atoms with Gasteiger partial charge in [-0.25, -0.2) is 0 Å². The Morgan fingerprint density at radius 2 is 2.38 bits per heavy atom. The van der Waals surface area contributed by atoms with E-state index in [0.29, 0.717) is 0 Å². The van der Waals surface area contributed by atoms with Gasteiger partial charge in [0.2, 0.25) is 5.34 Å². The molecule has 0 aromatic heterocycles. The van der Waals surface area contributed by atoms with Crippen LogP contribution in [0.1, 0.15) is 0 Å². The molecule has 0 radical (unpaired) electrons. The largest absolute Gasteiger partial charge is 0.393 e. The first kappa shape index (κ1) is 4.94. The van der Waals surface area contributed by atoms with Crippen LogP contribution in [0.4, 0.5) is 0 Å². The van der Waals surface area contributed by atoms with Crippen LogP contribution in [0.3, 0.4) is 0 Å². The van der Waals surface area contributed by atoms with E-state index in [2.05, 4.69) is 4.52 Å². The zero-order valence-electron chi connectivity index (χ0n) is 3.94. The van der Waals surface area contributed by atoms with E-state index in [1.807, 2.05) is 0 Å². The Bertz CT molecular complexity index is 190. The molecular formula is C3H5O4P. The van der Waals surface area contributed by atoms with Crippen molar-refractivity contribution in [2.75, 3.05) is 6.61 Å². The summed E-state index contributed by atoms with van der Waals surface area (Å²) in [7, 11) is -2.64. The number of fused-ring (bicyclic) bond motifs is 1.